The van der Waals surface area contributed by atoms with E-state index in [-0.39, 0.29) is 0 Å². The third-order valence-electron chi connectivity index (χ3n) is 4.20. The molecule has 0 bridgehead atoms. The van der Waals surface area contributed by atoms with Crippen LogP contribution in [0, 0.1) is 11.8 Å². The second-order valence-electron chi connectivity index (χ2n) is 6.73. The smallest absolute Gasteiger partial charge is 0.117 e. The second-order valence-corrected chi connectivity index (χ2v) is 6.73. The van der Waals surface area contributed by atoms with Crippen LogP contribution in [0.25, 0.3) is 0 Å². The largest absolute Gasteiger partial charge is 0.464 e. The van der Waals surface area contributed by atoms with Crippen molar-refractivity contribution in [3.8, 4) is 0 Å². The Bertz CT molecular complexity index is 382. The summed E-state index contributed by atoms with van der Waals surface area (Å²) in [5.74, 6) is 4.61. The van der Waals surface area contributed by atoms with Crippen molar-refractivity contribution in [2.75, 3.05) is 0 Å². The van der Waals surface area contributed by atoms with Gasteiger partial charge in [0.15, 0.2) is 0 Å². The van der Waals surface area contributed by atoms with E-state index in [1.807, 2.05) is 0 Å². The molecule has 1 aliphatic carbocycles. The van der Waals surface area contributed by atoms with Crippen molar-refractivity contribution in [3.05, 3.63) is 23.7 Å². The molecule has 2 nitrogen and oxygen atoms in total. The topological polar surface area (TPSA) is 25.2 Å². The third-order valence-corrected chi connectivity index (χ3v) is 4.20. The Morgan fingerprint density at radius 2 is 2.00 bits per heavy atom. The molecule has 2 rings (SSSR count). The van der Waals surface area contributed by atoms with Gasteiger partial charge in [-0.25, -0.2) is 0 Å². The van der Waals surface area contributed by atoms with Crippen LogP contribution in [0.15, 0.2) is 16.5 Å². The first-order valence-corrected chi connectivity index (χ1v) is 7.88. The molecule has 19 heavy (non-hydrogen) atoms. The fraction of sp³-hybridized carbons (Fsp3) is 0.765. The van der Waals surface area contributed by atoms with Crippen LogP contribution in [0.2, 0.25) is 0 Å². The Morgan fingerprint density at radius 1 is 1.26 bits per heavy atom. The molecule has 0 spiro atoms. The van der Waals surface area contributed by atoms with Crippen LogP contribution in [0.4, 0.5) is 0 Å². The Balaban J connectivity index is 1.65. The van der Waals surface area contributed by atoms with Crippen molar-refractivity contribution in [1.29, 1.82) is 0 Å². The third kappa shape index (κ3) is 4.68. The molecule has 1 aliphatic rings. The monoisotopic (exact) mass is 263 g/mol. The molecule has 1 heterocycles. The van der Waals surface area contributed by atoms with Gasteiger partial charge in [-0.3, -0.25) is 0 Å². The summed E-state index contributed by atoms with van der Waals surface area (Å²) in [4.78, 5) is 0. The first-order chi connectivity index (χ1) is 9.06. The van der Waals surface area contributed by atoms with E-state index in [2.05, 4.69) is 45.1 Å². The number of hydrogen-bond acceptors (Lipinski definition) is 2. The highest BCUT2D eigenvalue weighted by Crippen LogP contribution is 2.47. The summed E-state index contributed by atoms with van der Waals surface area (Å²) in [5.41, 5.74) is 0. The molecule has 0 amide bonds. The van der Waals surface area contributed by atoms with Crippen LogP contribution >= 0.6 is 0 Å². The van der Waals surface area contributed by atoms with Gasteiger partial charge in [0.25, 0.3) is 0 Å². The SMILES string of the molecule is CC(C)CCCC(C)NCc1ccc(C2CC2C)o1. The molecule has 0 saturated heterocycles. The molecule has 2 heteroatoms. The van der Waals surface area contributed by atoms with Gasteiger partial charge in [0.2, 0.25) is 0 Å². The van der Waals surface area contributed by atoms with Gasteiger partial charge >= 0.3 is 0 Å². The highest BCUT2D eigenvalue weighted by atomic mass is 16.3. The quantitative estimate of drug-likeness (QED) is 0.735. The predicted octanol–water partition coefficient (Wildman–Crippen LogP) is 4.71. The lowest BCUT2D eigenvalue weighted by Crippen LogP contribution is -2.25. The zero-order valence-electron chi connectivity index (χ0n) is 12.9. The van der Waals surface area contributed by atoms with E-state index in [1.165, 1.54) is 31.4 Å². The Kier molecular flexibility index (Phi) is 5.09. The summed E-state index contributed by atoms with van der Waals surface area (Å²) in [6.07, 6.45) is 5.20. The molecule has 1 saturated carbocycles. The van der Waals surface area contributed by atoms with Crippen LogP contribution in [0.1, 0.15) is 70.8 Å². The van der Waals surface area contributed by atoms with Gasteiger partial charge in [-0.1, -0.05) is 33.6 Å². The maximum atomic E-state index is 5.91. The molecular weight excluding hydrogens is 234 g/mol. The summed E-state index contributed by atoms with van der Waals surface area (Å²) < 4.78 is 5.91. The fourth-order valence-corrected chi connectivity index (χ4v) is 2.62. The van der Waals surface area contributed by atoms with Gasteiger partial charge in [-0.15, -0.1) is 0 Å². The van der Waals surface area contributed by atoms with Crippen molar-refractivity contribution >= 4 is 0 Å². The Labute approximate surface area is 118 Å². The average molecular weight is 263 g/mol. The van der Waals surface area contributed by atoms with Gasteiger partial charge in [-0.2, -0.15) is 0 Å². The maximum Gasteiger partial charge on any atom is 0.117 e. The van der Waals surface area contributed by atoms with Gasteiger partial charge in [0.05, 0.1) is 6.54 Å². The van der Waals surface area contributed by atoms with Crippen molar-refractivity contribution in [1.82, 2.24) is 5.32 Å². The summed E-state index contributed by atoms with van der Waals surface area (Å²) in [6, 6.07) is 4.87. The number of nitrogens with one attached hydrogen (secondary N) is 1. The Morgan fingerprint density at radius 3 is 2.63 bits per heavy atom. The van der Waals surface area contributed by atoms with E-state index >= 15 is 0 Å². The normalized spacial score (nSPS) is 23.8. The molecule has 1 aromatic rings. The first kappa shape index (κ1) is 14.6. The second kappa shape index (κ2) is 6.60. The van der Waals surface area contributed by atoms with Crippen LogP contribution in [-0.4, -0.2) is 6.04 Å². The van der Waals surface area contributed by atoms with Crippen LogP contribution in [0.5, 0.6) is 0 Å². The summed E-state index contributed by atoms with van der Waals surface area (Å²) >= 11 is 0. The van der Waals surface area contributed by atoms with E-state index < -0.39 is 0 Å². The Hall–Kier alpha value is -0.760. The van der Waals surface area contributed by atoms with E-state index in [0.29, 0.717) is 12.0 Å². The van der Waals surface area contributed by atoms with Gasteiger partial charge in [0.1, 0.15) is 11.5 Å². The fourth-order valence-electron chi connectivity index (χ4n) is 2.62. The standard InChI is InChI=1S/C17H29NO/c1-12(2)6-5-7-14(4)18-11-15-8-9-17(19-15)16-10-13(16)3/h8-9,12-14,16,18H,5-7,10-11H2,1-4H3. The molecule has 0 radical (unpaired) electrons. The summed E-state index contributed by atoms with van der Waals surface area (Å²) in [5, 5.41) is 3.56. The molecule has 108 valence electrons. The first-order valence-electron chi connectivity index (χ1n) is 7.88. The number of rotatable bonds is 8. The molecule has 1 aromatic heterocycles. The minimum atomic E-state index is 0.576. The van der Waals surface area contributed by atoms with Crippen LogP contribution in [0.3, 0.4) is 0 Å². The molecule has 0 aliphatic heterocycles. The van der Waals surface area contributed by atoms with Gasteiger partial charge in [-0.05, 0) is 43.7 Å². The zero-order valence-corrected chi connectivity index (χ0v) is 12.9. The van der Waals surface area contributed by atoms with E-state index in [1.54, 1.807) is 0 Å². The molecule has 3 atom stereocenters. The highest BCUT2D eigenvalue weighted by Gasteiger charge is 2.36. The minimum Gasteiger partial charge on any atom is -0.464 e. The summed E-state index contributed by atoms with van der Waals surface area (Å²) in [6.45, 7) is 10.0. The predicted molar refractivity (Wildman–Crippen MR) is 80.2 cm³/mol. The summed E-state index contributed by atoms with van der Waals surface area (Å²) in [7, 11) is 0. The molecule has 1 fully saturated rings. The number of furan rings is 1. The van der Waals surface area contributed by atoms with Crippen molar-refractivity contribution < 1.29 is 4.42 Å². The maximum absolute atomic E-state index is 5.91. The molecule has 3 unspecified atom stereocenters. The van der Waals surface area contributed by atoms with Crippen molar-refractivity contribution in [3.63, 3.8) is 0 Å². The molecule has 0 aromatic carbocycles. The average Bonchev–Trinajstić information content (AvgIpc) is 2.90. The molecular formula is C17H29NO. The van der Waals surface area contributed by atoms with Crippen LogP contribution in [-0.2, 0) is 6.54 Å². The van der Waals surface area contributed by atoms with E-state index in [4.69, 9.17) is 4.42 Å². The number of hydrogen-bond donors (Lipinski definition) is 1. The lowest BCUT2D eigenvalue weighted by Gasteiger charge is -2.13. The lowest BCUT2D eigenvalue weighted by molar-refractivity contribution is 0.408. The minimum absolute atomic E-state index is 0.576. The van der Waals surface area contributed by atoms with Crippen LogP contribution < -0.4 is 5.32 Å². The highest BCUT2D eigenvalue weighted by molar-refractivity contribution is 5.17. The van der Waals surface area contributed by atoms with Crippen molar-refractivity contribution in [2.24, 2.45) is 11.8 Å². The molecule has 1 N–H and O–H groups in total. The van der Waals surface area contributed by atoms with Gasteiger partial charge < -0.3 is 9.73 Å². The van der Waals surface area contributed by atoms with E-state index in [0.717, 1.165) is 24.1 Å². The van der Waals surface area contributed by atoms with Crippen molar-refractivity contribution in [2.45, 2.75) is 71.9 Å². The zero-order chi connectivity index (χ0) is 13.8. The van der Waals surface area contributed by atoms with Gasteiger partial charge in [0, 0.05) is 12.0 Å². The lowest BCUT2D eigenvalue weighted by atomic mass is 10.0. The van der Waals surface area contributed by atoms with E-state index in [9.17, 15) is 0 Å².